The van der Waals surface area contributed by atoms with E-state index in [4.69, 9.17) is 4.74 Å². The van der Waals surface area contributed by atoms with Crippen LogP contribution in [0.3, 0.4) is 0 Å². The quantitative estimate of drug-likeness (QED) is 0.756. The number of carbonyl (C=O) groups is 2. The molecule has 1 atom stereocenters. The Morgan fingerprint density at radius 3 is 2.48 bits per heavy atom. The second-order valence-corrected chi connectivity index (χ2v) is 4.97. The topological polar surface area (TPSA) is 95.9 Å². The number of carboxylic acid groups (broad SMARTS) is 1. The van der Waals surface area contributed by atoms with Gasteiger partial charge in [-0.3, -0.25) is 4.79 Å². The van der Waals surface area contributed by atoms with Gasteiger partial charge in [-0.05, 0) is 35.9 Å². The van der Waals surface area contributed by atoms with Crippen LogP contribution in [-0.4, -0.2) is 35.2 Å². The first-order valence-electron chi connectivity index (χ1n) is 6.95. The smallest absolute Gasteiger partial charge is 0.326 e. The molecule has 23 heavy (non-hydrogen) atoms. The lowest BCUT2D eigenvalue weighted by Crippen LogP contribution is -2.42. The van der Waals surface area contributed by atoms with Gasteiger partial charge in [0.25, 0.3) is 5.91 Å². The Labute approximate surface area is 133 Å². The van der Waals surface area contributed by atoms with E-state index in [1.54, 1.807) is 30.3 Å². The number of ether oxygens (including phenoxy) is 1. The van der Waals surface area contributed by atoms with Crippen molar-refractivity contribution >= 4 is 11.9 Å². The molecule has 0 aromatic heterocycles. The fourth-order valence-corrected chi connectivity index (χ4v) is 2.07. The van der Waals surface area contributed by atoms with Crippen LogP contribution in [0.15, 0.2) is 48.5 Å². The highest BCUT2D eigenvalue weighted by molar-refractivity contribution is 5.96. The maximum atomic E-state index is 12.2. The molecule has 2 aromatic rings. The third-order valence-corrected chi connectivity index (χ3v) is 3.31. The normalized spacial score (nSPS) is 11.5. The van der Waals surface area contributed by atoms with E-state index in [0.717, 1.165) is 0 Å². The second-order valence-electron chi connectivity index (χ2n) is 4.97. The van der Waals surface area contributed by atoms with Gasteiger partial charge in [0.15, 0.2) is 0 Å². The summed E-state index contributed by atoms with van der Waals surface area (Å²) in [6, 6.07) is 11.6. The summed E-state index contributed by atoms with van der Waals surface area (Å²) in [6.45, 7) is 0. The molecule has 0 radical (unpaired) electrons. The summed E-state index contributed by atoms with van der Waals surface area (Å²) in [5.74, 6) is -1.01. The molecule has 0 bridgehead atoms. The minimum atomic E-state index is -1.13. The van der Waals surface area contributed by atoms with E-state index in [9.17, 15) is 19.8 Å². The number of carboxylic acids is 1. The molecule has 0 aliphatic carbocycles. The number of hydrogen-bond donors (Lipinski definition) is 3. The highest BCUT2D eigenvalue weighted by Gasteiger charge is 2.21. The Kier molecular flexibility index (Phi) is 5.19. The third-order valence-electron chi connectivity index (χ3n) is 3.31. The van der Waals surface area contributed by atoms with Crippen molar-refractivity contribution < 1.29 is 24.5 Å². The number of aromatic hydroxyl groups is 1. The highest BCUT2D eigenvalue weighted by Crippen LogP contribution is 2.14. The Hall–Kier alpha value is -3.02. The van der Waals surface area contributed by atoms with Gasteiger partial charge in [0.2, 0.25) is 0 Å². The lowest BCUT2D eigenvalue weighted by atomic mass is 10.1. The molecule has 0 aliphatic rings. The van der Waals surface area contributed by atoms with E-state index in [1.807, 2.05) is 0 Å². The molecular formula is C17H17NO5. The van der Waals surface area contributed by atoms with Crippen molar-refractivity contribution in [2.75, 3.05) is 7.11 Å². The maximum Gasteiger partial charge on any atom is 0.326 e. The van der Waals surface area contributed by atoms with Crippen molar-refractivity contribution in [3.8, 4) is 11.5 Å². The van der Waals surface area contributed by atoms with Crippen LogP contribution in [0.1, 0.15) is 15.9 Å². The zero-order valence-electron chi connectivity index (χ0n) is 12.5. The maximum absolute atomic E-state index is 12.2. The Bertz CT molecular complexity index is 696. The van der Waals surface area contributed by atoms with Gasteiger partial charge in [0.05, 0.1) is 7.11 Å². The van der Waals surface area contributed by atoms with Crippen molar-refractivity contribution in [3.05, 3.63) is 59.7 Å². The molecule has 2 rings (SSSR count). The molecule has 3 N–H and O–H groups in total. The van der Waals surface area contributed by atoms with Gasteiger partial charge in [0, 0.05) is 12.0 Å². The second kappa shape index (κ2) is 7.31. The van der Waals surface area contributed by atoms with E-state index < -0.39 is 17.9 Å². The number of phenolic OH excluding ortho intramolecular Hbond substituents is 1. The molecule has 0 fully saturated rings. The summed E-state index contributed by atoms with van der Waals surface area (Å²) in [5.41, 5.74) is 1.02. The van der Waals surface area contributed by atoms with E-state index in [0.29, 0.717) is 16.9 Å². The molecule has 0 saturated carbocycles. The van der Waals surface area contributed by atoms with Crippen LogP contribution in [0.5, 0.6) is 11.5 Å². The standard InChI is InChI=1S/C17H17NO5/c1-23-14-4-2-3-12(10-14)16(20)18-15(17(21)22)9-11-5-7-13(19)8-6-11/h2-8,10,15,19H,9H2,1H3,(H,18,20)(H,21,22)/t15-/m0/s1. The van der Waals surface area contributed by atoms with Crippen LogP contribution in [0.4, 0.5) is 0 Å². The molecule has 0 heterocycles. The average Bonchev–Trinajstić information content (AvgIpc) is 2.56. The number of rotatable bonds is 6. The molecule has 0 saturated heterocycles. The molecule has 120 valence electrons. The Balaban J connectivity index is 2.10. The van der Waals surface area contributed by atoms with Crippen molar-refractivity contribution in [2.24, 2.45) is 0 Å². The minimum absolute atomic E-state index is 0.0982. The lowest BCUT2D eigenvalue weighted by Gasteiger charge is -2.15. The van der Waals surface area contributed by atoms with Crippen molar-refractivity contribution in [2.45, 2.75) is 12.5 Å². The summed E-state index contributed by atoms with van der Waals surface area (Å²) in [7, 11) is 1.49. The fourth-order valence-electron chi connectivity index (χ4n) is 2.07. The number of carbonyl (C=O) groups excluding carboxylic acids is 1. The molecule has 6 nitrogen and oxygen atoms in total. The van der Waals surface area contributed by atoms with Gasteiger partial charge in [-0.2, -0.15) is 0 Å². The predicted octanol–water partition coefficient (Wildman–Crippen LogP) is 1.83. The molecule has 2 aromatic carbocycles. The van der Waals surface area contributed by atoms with Crippen molar-refractivity contribution in [1.29, 1.82) is 0 Å². The van der Waals surface area contributed by atoms with Crippen LogP contribution in [0.2, 0.25) is 0 Å². The van der Waals surface area contributed by atoms with E-state index in [-0.39, 0.29) is 12.2 Å². The zero-order valence-corrected chi connectivity index (χ0v) is 12.5. The summed E-state index contributed by atoms with van der Waals surface area (Å²) in [4.78, 5) is 23.6. The van der Waals surface area contributed by atoms with Crippen molar-refractivity contribution in [1.82, 2.24) is 5.32 Å². The first-order valence-corrected chi connectivity index (χ1v) is 6.95. The van der Waals surface area contributed by atoms with Crippen LogP contribution >= 0.6 is 0 Å². The van der Waals surface area contributed by atoms with E-state index >= 15 is 0 Å². The summed E-state index contributed by atoms with van der Waals surface area (Å²) >= 11 is 0. The monoisotopic (exact) mass is 315 g/mol. The van der Waals surface area contributed by atoms with Gasteiger partial charge >= 0.3 is 5.97 Å². The SMILES string of the molecule is COc1cccc(C(=O)N[C@@H](Cc2ccc(O)cc2)C(=O)O)c1. The van der Waals surface area contributed by atoms with Gasteiger partial charge < -0.3 is 20.3 Å². The largest absolute Gasteiger partial charge is 0.508 e. The Morgan fingerprint density at radius 2 is 1.87 bits per heavy atom. The number of phenols is 1. The summed E-state index contributed by atoms with van der Waals surface area (Å²) in [5, 5.41) is 21.0. The predicted molar refractivity (Wildman–Crippen MR) is 83.7 cm³/mol. The van der Waals surface area contributed by atoms with Crippen LogP contribution in [0, 0.1) is 0 Å². The Morgan fingerprint density at radius 1 is 1.17 bits per heavy atom. The lowest BCUT2D eigenvalue weighted by molar-refractivity contribution is -0.139. The first-order chi connectivity index (χ1) is 11.0. The number of hydrogen-bond acceptors (Lipinski definition) is 4. The van der Waals surface area contributed by atoms with Gasteiger partial charge in [0.1, 0.15) is 17.5 Å². The van der Waals surface area contributed by atoms with Crippen LogP contribution in [0.25, 0.3) is 0 Å². The molecule has 0 unspecified atom stereocenters. The number of nitrogens with one attached hydrogen (secondary N) is 1. The summed E-state index contributed by atoms with van der Waals surface area (Å²) in [6.07, 6.45) is 0.116. The van der Waals surface area contributed by atoms with Crippen LogP contribution < -0.4 is 10.1 Å². The van der Waals surface area contributed by atoms with Crippen LogP contribution in [-0.2, 0) is 11.2 Å². The molecule has 6 heteroatoms. The highest BCUT2D eigenvalue weighted by atomic mass is 16.5. The third kappa shape index (κ3) is 4.47. The van der Waals surface area contributed by atoms with Gasteiger partial charge in [-0.15, -0.1) is 0 Å². The van der Waals surface area contributed by atoms with E-state index in [1.165, 1.54) is 25.3 Å². The zero-order chi connectivity index (χ0) is 16.8. The van der Waals surface area contributed by atoms with Gasteiger partial charge in [-0.1, -0.05) is 18.2 Å². The number of methoxy groups -OCH3 is 1. The molecular weight excluding hydrogens is 298 g/mol. The minimum Gasteiger partial charge on any atom is -0.508 e. The summed E-state index contributed by atoms with van der Waals surface area (Å²) < 4.78 is 5.04. The van der Waals surface area contributed by atoms with Gasteiger partial charge in [-0.25, -0.2) is 4.79 Å². The first kappa shape index (κ1) is 16.4. The van der Waals surface area contributed by atoms with Crippen molar-refractivity contribution in [3.63, 3.8) is 0 Å². The molecule has 1 amide bonds. The number of aliphatic carboxylic acids is 1. The van der Waals surface area contributed by atoms with E-state index in [2.05, 4.69) is 5.32 Å². The molecule has 0 spiro atoms. The number of amides is 1. The fraction of sp³-hybridized carbons (Fsp3) is 0.176. The average molecular weight is 315 g/mol. The number of benzene rings is 2. The molecule has 0 aliphatic heterocycles.